The van der Waals surface area contributed by atoms with Crippen molar-refractivity contribution in [2.75, 3.05) is 6.26 Å². The molecule has 0 radical (unpaired) electrons. The minimum absolute atomic E-state index is 0.193. The van der Waals surface area contributed by atoms with Crippen LogP contribution < -0.4 is 11.5 Å². The predicted molar refractivity (Wildman–Crippen MR) is 90.6 cm³/mol. The van der Waals surface area contributed by atoms with Gasteiger partial charge in [-0.1, -0.05) is 29.3 Å². The maximum absolute atomic E-state index is 11.1. The number of rotatable bonds is 4. The van der Waals surface area contributed by atoms with Gasteiger partial charge in [0.25, 0.3) is 0 Å². The molecule has 5 nitrogen and oxygen atoms in total. The maximum atomic E-state index is 11.1. The number of carbonyl (C=O) groups excluding carboxylic acids is 1. The van der Waals surface area contributed by atoms with Crippen molar-refractivity contribution < 1.29 is 4.79 Å². The molecule has 0 spiro atoms. The second-order valence-corrected chi connectivity index (χ2v) is 5.85. The highest BCUT2D eigenvalue weighted by molar-refractivity contribution is 7.98. The van der Waals surface area contributed by atoms with Crippen LogP contribution in [0.15, 0.2) is 35.6 Å². The van der Waals surface area contributed by atoms with E-state index in [1.165, 1.54) is 18.1 Å². The maximum Gasteiger partial charge on any atom is 0.243 e. The largest absolute Gasteiger partial charge is 0.398 e. The molecule has 0 saturated carbocycles. The minimum Gasteiger partial charge on any atom is -0.398 e. The third kappa shape index (κ3) is 3.52. The van der Waals surface area contributed by atoms with E-state index >= 15 is 0 Å². The molecule has 0 aliphatic carbocycles. The molecule has 4 N–H and O–H groups in total. The fourth-order valence-electron chi connectivity index (χ4n) is 1.87. The zero-order valence-electron chi connectivity index (χ0n) is 11.5. The summed E-state index contributed by atoms with van der Waals surface area (Å²) in [5.41, 5.74) is 13.1. The van der Waals surface area contributed by atoms with Gasteiger partial charge in [0.05, 0.1) is 21.3 Å². The highest BCUT2D eigenvalue weighted by Crippen LogP contribution is 2.33. The van der Waals surface area contributed by atoms with Crippen LogP contribution in [-0.2, 0) is 4.79 Å². The molecule has 0 atom stereocenters. The summed E-state index contributed by atoms with van der Waals surface area (Å²) in [5.74, 6) is -0.645. The first kappa shape index (κ1) is 16.6. The van der Waals surface area contributed by atoms with E-state index in [1.54, 1.807) is 18.2 Å². The van der Waals surface area contributed by atoms with Gasteiger partial charge in [-0.25, -0.2) is 9.97 Å². The molecule has 0 aliphatic heterocycles. The number of halogens is 2. The molecule has 0 saturated heterocycles. The van der Waals surface area contributed by atoms with E-state index in [0.717, 1.165) is 6.08 Å². The highest BCUT2D eigenvalue weighted by Gasteiger charge is 2.16. The quantitative estimate of drug-likeness (QED) is 0.499. The molecule has 2 rings (SSSR count). The van der Waals surface area contributed by atoms with Crippen LogP contribution in [0, 0.1) is 0 Å². The molecular formula is C14H12Cl2N4OS. The van der Waals surface area contributed by atoms with Crippen molar-refractivity contribution in [3.63, 3.8) is 0 Å². The molecule has 2 aromatic rings. The summed E-state index contributed by atoms with van der Waals surface area (Å²) in [7, 11) is 0. The van der Waals surface area contributed by atoms with E-state index in [9.17, 15) is 4.79 Å². The van der Waals surface area contributed by atoms with Crippen LogP contribution in [0.5, 0.6) is 0 Å². The summed E-state index contributed by atoms with van der Waals surface area (Å²) in [4.78, 5) is 19.5. The van der Waals surface area contributed by atoms with Gasteiger partial charge in [-0.15, -0.1) is 11.8 Å². The zero-order chi connectivity index (χ0) is 16.3. The number of nitrogens with two attached hydrogens (primary N) is 2. The Hall–Kier alpha value is -1.76. The Morgan fingerprint density at radius 3 is 2.55 bits per heavy atom. The van der Waals surface area contributed by atoms with Gasteiger partial charge in [-0.3, -0.25) is 4.79 Å². The summed E-state index contributed by atoms with van der Waals surface area (Å²) in [6.45, 7) is 0. The Balaban J connectivity index is 2.70. The van der Waals surface area contributed by atoms with Crippen molar-refractivity contribution in [3.05, 3.63) is 46.2 Å². The molecular weight excluding hydrogens is 343 g/mol. The van der Waals surface area contributed by atoms with Gasteiger partial charge in [0.1, 0.15) is 11.4 Å². The van der Waals surface area contributed by atoms with Crippen molar-refractivity contribution in [2.45, 2.75) is 5.03 Å². The number of amides is 1. The van der Waals surface area contributed by atoms with Crippen molar-refractivity contribution in [3.8, 4) is 11.3 Å². The van der Waals surface area contributed by atoms with E-state index < -0.39 is 5.91 Å². The smallest absolute Gasteiger partial charge is 0.243 e. The number of carbonyl (C=O) groups is 1. The fourth-order valence-corrected chi connectivity index (χ4v) is 2.74. The van der Waals surface area contributed by atoms with Gasteiger partial charge in [0, 0.05) is 17.3 Å². The van der Waals surface area contributed by atoms with Gasteiger partial charge < -0.3 is 11.5 Å². The standard InChI is InChI=1S/C14H12Cl2N4OS/c1-22-14-12(10(17)5-11(18)21)13(19-6-20-14)7-2-3-8(15)9(16)4-7/h2-6H,17H2,1H3,(H2,18,21)/b10-5-. The van der Waals surface area contributed by atoms with Crippen molar-refractivity contribution in [1.29, 1.82) is 0 Å². The van der Waals surface area contributed by atoms with E-state index in [1.807, 2.05) is 6.26 Å². The lowest BCUT2D eigenvalue weighted by Gasteiger charge is -2.12. The molecule has 1 heterocycles. The van der Waals surface area contributed by atoms with Crippen molar-refractivity contribution in [1.82, 2.24) is 9.97 Å². The third-order valence-corrected chi connectivity index (χ3v) is 4.22. The molecule has 22 heavy (non-hydrogen) atoms. The Kier molecular flexibility index (Phi) is 5.28. The monoisotopic (exact) mass is 354 g/mol. The van der Waals surface area contributed by atoms with Crippen LogP contribution in [0.1, 0.15) is 5.56 Å². The molecule has 1 amide bonds. The number of hydrogen-bond acceptors (Lipinski definition) is 5. The Morgan fingerprint density at radius 1 is 1.23 bits per heavy atom. The van der Waals surface area contributed by atoms with Crippen LogP contribution in [0.2, 0.25) is 10.0 Å². The van der Waals surface area contributed by atoms with Gasteiger partial charge in [-0.05, 0) is 18.4 Å². The molecule has 1 aromatic heterocycles. The van der Waals surface area contributed by atoms with Crippen molar-refractivity contribution in [2.24, 2.45) is 11.5 Å². The second-order valence-electron chi connectivity index (χ2n) is 4.24. The van der Waals surface area contributed by atoms with Crippen LogP contribution >= 0.6 is 35.0 Å². The normalized spacial score (nSPS) is 11.5. The molecule has 0 fully saturated rings. The summed E-state index contributed by atoms with van der Waals surface area (Å²) in [6, 6.07) is 5.11. The first-order valence-electron chi connectivity index (χ1n) is 6.05. The number of benzene rings is 1. The lowest BCUT2D eigenvalue weighted by Crippen LogP contribution is -2.12. The SMILES string of the molecule is CSc1ncnc(-c2ccc(Cl)c(Cl)c2)c1/C(N)=C/C(N)=O. The number of primary amides is 1. The molecule has 1 aromatic carbocycles. The van der Waals surface area contributed by atoms with Crippen LogP contribution in [0.4, 0.5) is 0 Å². The summed E-state index contributed by atoms with van der Waals surface area (Å²) in [5, 5.41) is 1.46. The van der Waals surface area contributed by atoms with Crippen LogP contribution in [0.3, 0.4) is 0 Å². The van der Waals surface area contributed by atoms with Crippen LogP contribution in [0.25, 0.3) is 17.0 Å². The molecule has 114 valence electrons. The van der Waals surface area contributed by atoms with E-state index in [0.29, 0.717) is 31.9 Å². The van der Waals surface area contributed by atoms with Crippen LogP contribution in [-0.4, -0.2) is 22.1 Å². The number of nitrogens with zero attached hydrogens (tertiary/aromatic N) is 2. The average Bonchev–Trinajstić information content (AvgIpc) is 2.48. The number of hydrogen-bond donors (Lipinski definition) is 2. The van der Waals surface area contributed by atoms with Gasteiger partial charge in [0.2, 0.25) is 5.91 Å². The zero-order valence-corrected chi connectivity index (χ0v) is 13.8. The Bertz CT molecular complexity index is 765. The number of thioether (sulfide) groups is 1. The van der Waals surface area contributed by atoms with E-state index in [-0.39, 0.29) is 5.70 Å². The van der Waals surface area contributed by atoms with Gasteiger partial charge in [-0.2, -0.15) is 0 Å². The predicted octanol–water partition coefficient (Wildman–Crippen LogP) is 2.96. The summed E-state index contributed by atoms with van der Waals surface area (Å²) in [6.07, 6.45) is 4.41. The molecule has 0 bridgehead atoms. The number of aromatic nitrogens is 2. The van der Waals surface area contributed by atoms with E-state index in [2.05, 4.69) is 9.97 Å². The minimum atomic E-state index is -0.645. The third-order valence-electron chi connectivity index (χ3n) is 2.79. The Morgan fingerprint density at radius 2 is 1.95 bits per heavy atom. The Labute approximate surface area is 141 Å². The van der Waals surface area contributed by atoms with Gasteiger partial charge in [0.15, 0.2) is 0 Å². The summed E-state index contributed by atoms with van der Waals surface area (Å²) >= 11 is 13.4. The average molecular weight is 355 g/mol. The molecule has 0 unspecified atom stereocenters. The summed E-state index contributed by atoms with van der Waals surface area (Å²) < 4.78 is 0. The molecule has 0 aliphatic rings. The lowest BCUT2D eigenvalue weighted by molar-refractivity contribution is -0.113. The molecule has 8 heteroatoms. The topological polar surface area (TPSA) is 94.9 Å². The first-order valence-corrected chi connectivity index (χ1v) is 8.03. The van der Waals surface area contributed by atoms with Crippen molar-refractivity contribution >= 4 is 46.6 Å². The second kappa shape index (κ2) is 7.00. The first-order chi connectivity index (χ1) is 10.4. The lowest BCUT2D eigenvalue weighted by atomic mass is 10.0. The van der Waals surface area contributed by atoms with E-state index in [4.69, 9.17) is 34.7 Å². The highest BCUT2D eigenvalue weighted by atomic mass is 35.5. The van der Waals surface area contributed by atoms with Gasteiger partial charge >= 0.3 is 0 Å². The fraction of sp³-hybridized carbons (Fsp3) is 0.0714.